The fraction of sp³-hybridized carbons (Fsp3) is 0.583. The van der Waals surface area contributed by atoms with Crippen molar-refractivity contribution < 1.29 is 4.74 Å². The minimum atomic E-state index is 0.762. The second-order valence-electron chi connectivity index (χ2n) is 4.26. The summed E-state index contributed by atoms with van der Waals surface area (Å²) in [6.07, 6.45) is 3.51. The molecule has 0 saturated carbocycles. The van der Waals surface area contributed by atoms with E-state index in [0.29, 0.717) is 0 Å². The molecule has 1 aliphatic rings. The Morgan fingerprint density at radius 3 is 2.76 bits per heavy atom. The van der Waals surface area contributed by atoms with E-state index in [1.165, 1.54) is 0 Å². The first-order valence-electron chi connectivity index (χ1n) is 5.97. The zero-order chi connectivity index (χ0) is 12.1. The van der Waals surface area contributed by atoms with Crippen LogP contribution in [0.25, 0.3) is 0 Å². The Morgan fingerprint density at radius 2 is 2.12 bits per heavy atom. The van der Waals surface area contributed by atoms with Crippen molar-refractivity contribution in [3.63, 3.8) is 0 Å². The van der Waals surface area contributed by atoms with Crippen molar-refractivity contribution in [2.75, 3.05) is 57.1 Å². The van der Waals surface area contributed by atoms with Gasteiger partial charge in [-0.15, -0.1) is 0 Å². The van der Waals surface area contributed by atoms with Crippen molar-refractivity contribution in [1.29, 1.82) is 0 Å². The van der Waals surface area contributed by atoms with Crippen LogP contribution in [0.1, 0.15) is 0 Å². The second kappa shape index (κ2) is 5.84. The number of ether oxygens (including phenoxy) is 1. The third-order valence-electron chi connectivity index (χ3n) is 3.15. The molecule has 0 spiro atoms. The number of methoxy groups -OCH3 is 1. The standard InChI is InChI=1S/C12H20N4O/c1-17-9-8-15-4-6-16(7-5-15)12-2-3-14-10-11(12)13/h2-3,10H,4-9,13H2,1H3. The Morgan fingerprint density at radius 1 is 1.35 bits per heavy atom. The highest BCUT2D eigenvalue weighted by molar-refractivity contribution is 5.66. The molecule has 1 fully saturated rings. The van der Waals surface area contributed by atoms with E-state index in [9.17, 15) is 0 Å². The summed E-state index contributed by atoms with van der Waals surface area (Å²) in [6.45, 7) is 5.96. The van der Waals surface area contributed by atoms with Crippen LogP contribution in [0.4, 0.5) is 11.4 Å². The lowest BCUT2D eigenvalue weighted by Gasteiger charge is -2.36. The Hall–Kier alpha value is -1.33. The van der Waals surface area contributed by atoms with Gasteiger partial charge in [-0.3, -0.25) is 9.88 Å². The third-order valence-corrected chi connectivity index (χ3v) is 3.15. The minimum Gasteiger partial charge on any atom is -0.396 e. The number of rotatable bonds is 4. The van der Waals surface area contributed by atoms with Crippen molar-refractivity contribution in [2.45, 2.75) is 0 Å². The van der Waals surface area contributed by atoms with Crippen LogP contribution in [-0.2, 0) is 4.74 Å². The number of piperazine rings is 1. The molecule has 0 amide bonds. The van der Waals surface area contributed by atoms with Gasteiger partial charge in [0.2, 0.25) is 0 Å². The third kappa shape index (κ3) is 3.08. The van der Waals surface area contributed by atoms with Gasteiger partial charge in [0.25, 0.3) is 0 Å². The Balaban J connectivity index is 1.89. The molecule has 1 aromatic rings. The molecule has 2 N–H and O–H groups in total. The maximum absolute atomic E-state index is 5.93. The smallest absolute Gasteiger partial charge is 0.0738 e. The first-order valence-corrected chi connectivity index (χ1v) is 5.97. The van der Waals surface area contributed by atoms with Crippen LogP contribution in [0.3, 0.4) is 0 Å². The number of anilines is 2. The summed E-state index contributed by atoms with van der Waals surface area (Å²) in [5.41, 5.74) is 7.79. The monoisotopic (exact) mass is 236 g/mol. The predicted octanol–water partition coefficient (Wildman–Crippen LogP) is 0.432. The fourth-order valence-corrected chi connectivity index (χ4v) is 2.12. The molecule has 1 aromatic heterocycles. The van der Waals surface area contributed by atoms with Crippen molar-refractivity contribution in [3.05, 3.63) is 18.5 Å². The van der Waals surface area contributed by atoms with E-state index in [-0.39, 0.29) is 0 Å². The average molecular weight is 236 g/mol. The Kier molecular flexibility index (Phi) is 4.17. The quantitative estimate of drug-likeness (QED) is 0.821. The first-order chi connectivity index (χ1) is 8.31. The van der Waals surface area contributed by atoms with Crippen molar-refractivity contribution in [1.82, 2.24) is 9.88 Å². The van der Waals surface area contributed by atoms with Crippen LogP contribution in [0, 0.1) is 0 Å². The van der Waals surface area contributed by atoms with Gasteiger partial charge < -0.3 is 15.4 Å². The second-order valence-corrected chi connectivity index (χ2v) is 4.26. The maximum Gasteiger partial charge on any atom is 0.0738 e. The predicted molar refractivity (Wildman–Crippen MR) is 69.2 cm³/mol. The number of nitrogens with two attached hydrogens (primary N) is 1. The van der Waals surface area contributed by atoms with Crippen LogP contribution < -0.4 is 10.6 Å². The summed E-state index contributed by atoms with van der Waals surface area (Å²) >= 11 is 0. The highest BCUT2D eigenvalue weighted by atomic mass is 16.5. The number of aromatic nitrogens is 1. The normalized spacial score (nSPS) is 17.4. The maximum atomic E-state index is 5.93. The molecule has 0 aromatic carbocycles. The van der Waals surface area contributed by atoms with Gasteiger partial charge >= 0.3 is 0 Å². The van der Waals surface area contributed by atoms with Gasteiger partial charge in [0.1, 0.15) is 0 Å². The van der Waals surface area contributed by atoms with Crippen LogP contribution in [0.5, 0.6) is 0 Å². The molecule has 0 atom stereocenters. The van der Waals surface area contributed by atoms with Gasteiger partial charge in [0.05, 0.1) is 24.2 Å². The molecule has 2 heterocycles. The summed E-state index contributed by atoms with van der Waals surface area (Å²) in [7, 11) is 1.74. The molecule has 0 radical (unpaired) electrons. The van der Waals surface area contributed by atoms with Crippen LogP contribution >= 0.6 is 0 Å². The molecule has 17 heavy (non-hydrogen) atoms. The Bertz CT molecular complexity index is 350. The van der Waals surface area contributed by atoms with Gasteiger partial charge in [0.15, 0.2) is 0 Å². The van der Waals surface area contributed by atoms with E-state index in [0.717, 1.165) is 50.7 Å². The molecule has 0 unspecified atom stereocenters. The Labute approximate surface area is 102 Å². The van der Waals surface area contributed by atoms with Crippen molar-refractivity contribution in [3.8, 4) is 0 Å². The molecular formula is C12H20N4O. The number of nitrogen functional groups attached to an aromatic ring is 1. The SMILES string of the molecule is COCCN1CCN(c2ccncc2N)CC1. The summed E-state index contributed by atoms with van der Waals surface area (Å²) in [4.78, 5) is 8.75. The van der Waals surface area contributed by atoms with E-state index >= 15 is 0 Å². The van der Waals surface area contributed by atoms with Crippen molar-refractivity contribution in [2.24, 2.45) is 0 Å². The van der Waals surface area contributed by atoms with Crippen LogP contribution in [0.15, 0.2) is 18.5 Å². The molecular weight excluding hydrogens is 216 g/mol. The molecule has 0 aliphatic carbocycles. The molecule has 5 nitrogen and oxygen atoms in total. The van der Waals surface area contributed by atoms with E-state index in [4.69, 9.17) is 10.5 Å². The topological polar surface area (TPSA) is 54.6 Å². The molecule has 1 aliphatic heterocycles. The zero-order valence-corrected chi connectivity index (χ0v) is 10.3. The lowest BCUT2D eigenvalue weighted by atomic mass is 10.2. The van der Waals surface area contributed by atoms with Crippen molar-refractivity contribution >= 4 is 11.4 Å². The van der Waals surface area contributed by atoms with E-state index in [2.05, 4.69) is 14.8 Å². The molecule has 1 saturated heterocycles. The lowest BCUT2D eigenvalue weighted by Crippen LogP contribution is -2.47. The largest absolute Gasteiger partial charge is 0.396 e. The fourth-order valence-electron chi connectivity index (χ4n) is 2.12. The molecule has 2 rings (SSSR count). The number of nitrogens with zero attached hydrogens (tertiary/aromatic N) is 3. The van der Waals surface area contributed by atoms with Gasteiger partial charge in [-0.05, 0) is 6.07 Å². The first kappa shape index (κ1) is 12.1. The van der Waals surface area contributed by atoms with Gasteiger partial charge in [-0.1, -0.05) is 0 Å². The highest BCUT2D eigenvalue weighted by Gasteiger charge is 2.17. The molecule has 94 valence electrons. The zero-order valence-electron chi connectivity index (χ0n) is 10.3. The number of pyridine rings is 1. The average Bonchev–Trinajstić information content (AvgIpc) is 2.38. The van der Waals surface area contributed by atoms with Crippen LogP contribution in [-0.4, -0.2) is 56.3 Å². The number of hydrogen-bond donors (Lipinski definition) is 1. The summed E-state index contributed by atoms with van der Waals surface area (Å²) in [5, 5.41) is 0. The van der Waals surface area contributed by atoms with E-state index in [1.54, 1.807) is 19.5 Å². The van der Waals surface area contributed by atoms with Gasteiger partial charge in [-0.2, -0.15) is 0 Å². The van der Waals surface area contributed by atoms with Crippen LogP contribution in [0.2, 0.25) is 0 Å². The molecule has 0 bridgehead atoms. The van der Waals surface area contributed by atoms with Gasteiger partial charge in [0, 0.05) is 46.0 Å². The summed E-state index contributed by atoms with van der Waals surface area (Å²) < 4.78 is 5.09. The highest BCUT2D eigenvalue weighted by Crippen LogP contribution is 2.22. The molecule has 5 heteroatoms. The summed E-state index contributed by atoms with van der Waals surface area (Å²) in [6, 6.07) is 1.99. The van der Waals surface area contributed by atoms with E-state index in [1.807, 2.05) is 6.07 Å². The lowest BCUT2D eigenvalue weighted by molar-refractivity contribution is 0.144. The van der Waals surface area contributed by atoms with Gasteiger partial charge in [-0.25, -0.2) is 0 Å². The van der Waals surface area contributed by atoms with E-state index < -0.39 is 0 Å². The summed E-state index contributed by atoms with van der Waals surface area (Å²) in [5.74, 6) is 0. The minimum absolute atomic E-state index is 0.762. The number of hydrogen-bond acceptors (Lipinski definition) is 5.